The molecule has 1 aromatic carbocycles. The van der Waals surface area contributed by atoms with E-state index in [-0.39, 0.29) is 18.7 Å². The molecule has 18 heavy (non-hydrogen) atoms. The molecule has 0 aliphatic carbocycles. The summed E-state index contributed by atoms with van der Waals surface area (Å²) in [4.78, 5) is 22.3. The van der Waals surface area contributed by atoms with Crippen molar-refractivity contribution in [3.8, 4) is 6.07 Å². The Kier molecular flexibility index (Phi) is 4.88. The monoisotopic (exact) mass is 246 g/mol. The number of hydrogen-bond donors (Lipinski definition) is 2. The van der Waals surface area contributed by atoms with Crippen molar-refractivity contribution in [3.63, 3.8) is 0 Å². The molecule has 94 valence electrons. The van der Waals surface area contributed by atoms with E-state index in [0.717, 1.165) is 5.56 Å². The number of aliphatic carboxylic acids is 1. The average molecular weight is 246 g/mol. The Morgan fingerprint density at radius 3 is 2.83 bits per heavy atom. The van der Waals surface area contributed by atoms with Gasteiger partial charge in [-0.15, -0.1) is 0 Å². The van der Waals surface area contributed by atoms with Crippen LogP contribution in [0.3, 0.4) is 0 Å². The molecule has 1 rings (SSSR count). The van der Waals surface area contributed by atoms with Gasteiger partial charge in [-0.1, -0.05) is 12.1 Å². The number of carbonyl (C=O) groups is 2. The third-order valence-corrected chi connectivity index (χ3v) is 2.33. The molecule has 2 N–H and O–H groups in total. The van der Waals surface area contributed by atoms with E-state index >= 15 is 0 Å². The molecule has 0 heterocycles. The zero-order valence-electron chi connectivity index (χ0n) is 10.0. The molecule has 0 aliphatic heterocycles. The number of carbonyl (C=O) groups excluding carboxylic acids is 1. The van der Waals surface area contributed by atoms with Gasteiger partial charge in [0, 0.05) is 11.6 Å². The van der Waals surface area contributed by atoms with Gasteiger partial charge in [-0.2, -0.15) is 5.26 Å². The summed E-state index contributed by atoms with van der Waals surface area (Å²) in [6.07, 6.45) is 0.120. The van der Waals surface area contributed by atoms with E-state index in [1.54, 1.807) is 31.2 Å². The minimum Gasteiger partial charge on any atom is -0.481 e. The molecule has 0 saturated heterocycles. The summed E-state index contributed by atoms with van der Waals surface area (Å²) >= 11 is 0. The second-order valence-corrected chi connectivity index (χ2v) is 4.01. The Hall–Kier alpha value is -2.35. The van der Waals surface area contributed by atoms with Crippen molar-refractivity contribution in [2.24, 2.45) is 0 Å². The van der Waals surface area contributed by atoms with Gasteiger partial charge in [-0.25, -0.2) is 0 Å². The minimum absolute atomic E-state index is 0.121. The van der Waals surface area contributed by atoms with Crippen LogP contribution in [0.4, 0.5) is 0 Å². The molecule has 1 atom stereocenters. The third-order valence-electron chi connectivity index (χ3n) is 2.33. The molecule has 1 amide bonds. The summed E-state index contributed by atoms with van der Waals surface area (Å²) in [5, 5.41) is 19.8. The minimum atomic E-state index is -0.957. The number of carboxylic acid groups (broad SMARTS) is 1. The molecular weight excluding hydrogens is 232 g/mol. The first-order valence-corrected chi connectivity index (χ1v) is 5.51. The van der Waals surface area contributed by atoms with E-state index < -0.39 is 12.0 Å². The van der Waals surface area contributed by atoms with Crippen molar-refractivity contribution in [2.75, 3.05) is 0 Å². The Labute approximate surface area is 105 Å². The van der Waals surface area contributed by atoms with Crippen LogP contribution in [-0.4, -0.2) is 23.0 Å². The van der Waals surface area contributed by atoms with E-state index in [9.17, 15) is 9.59 Å². The molecule has 0 saturated carbocycles. The zero-order valence-corrected chi connectivity index (χ0v) is 10.0. The normalized spacial score (nSPS) is 11.3. The fraction of sp³-hybridized carbons (Fsp3) is 0.308. The first-order chi connectivity index (χ1) is 8.52. The highest BCUT2D eigenvalue weighted by Gasteiger charge is 2.12. The number of benzene rings is 1. The Morgan fingerprint density at radius 2 is 2.22 bits per heavy atom. The van der Waals surface area contributed by atoms with E-state index in [4.69, 9.17) is 10.4 Å². The van der Waals surface area contributed by atoms with Gasteiger partial charge >= 0.3 is 5.97 Å². The summed E-state index contributed by atoms with van der Waals surface area (Å²) in [5.41, 5.74) is 1.19. The van der Waals surface area contributed by atoms with Crippen molar-refractivity contribution in [2.45, 2.75) is 25.8 Å². The van der Waals surface area contributed by atoms with Gasteiger partial charge in [0.05, 0.1) is 18.9 Å². The van der Waals surface area contributed by atoms with Crippen LogP contribution in [0.2, 0.25) is 0 Å². The van der Waals surface area contributed by atoms with Gasteiger partial charge < -0.3 is 10.4 Å². The zero-order chi connectivity index (χ0) is 13.5. The predicted molar refractivity (Wildman–Crippen MR) is 64.9 cm³/mol. The van der Waals surface area contributed by atoms with Gasteiger partial charge in [0.1, 0.15) is 0 Å². The van der Waals surface area contributed by atoms with Crippen molar-refractivity contribution in [1.29, 1.82) is 5.26 Å². The largest absolute Gasteiger partial charge is 0.481 e. The van der Waals surface area contributed by atoms with Crippen LogP contribution in [0.5, 0.6) is 0 Å². The fourth-order valence-corrected chi connectivity index (χ4v) is 1.53. The maximum atomic E-state index is 11.8. The first kappa shape index (κ1) is 13.7. The SMILES string of the molecule is CC(CC(=O)O)NC(=O)c1cccc(CC#N)c1. The molecule has 0 aromatic heterocycles. The molecule has 0 radical (unpaired) electrons. The number of amides is 1. The number of nitrogens with one attached hydrogen (secondary N) is 1. The van der Waals surface area contributed by atoms with Crippen LogP contribution in [0, 0.1) is 11.3 Å². The Bertz CT molecular complexity index is 491. The Balaban J connectivity index is 2.69. The standard InChI is InChI=1S/C13H14N2O3/c1-9(7-12(16)17)15-13(18)11-4-2-3-10(8-11)5-6-14/h2-4,8-9H,5,7H2,1H3,(H,15,18)(H,16,17). The second-order valence-electron chi connectivity index (χ2n) is 4.01. The maximum Gasteiger partial charge on any atom is 0.305 e. The van der Waals surface area contributed by atoms with Crippen LogP contribution in [-0.2, 0) is 11.2 Å². The van der Waals surface area contributed by atoms with Crippen LogP contribution in [0.1, 0.15) is 29.3 Å². The molecule has 0 aliphatic rings. The molecular formula is C13H14N2O3. The van der Waals surface area contributed by atoms with Crippen LogP contribution in [0.15, 0.2) is 24.3 Å². The van der Waals surface area contributed by atoms with E-state index in [0.29, 0.717) is 5.56 Å². The molecule has 1 aromatic rings. The lowest BCUT2D eigenvalue weighted by Crippen LogP contribution is -2.34. The molecule has 5 nitrogen and oxygen atoms in total. The van der Waals surface area contributed by atoms with E-state index in [2.05, 4.69) is 5.32 Å². The molecule has 0 bridgehead atoms. The molecule has 0 spiro atoms. The number of hydrogen-bond acceptors (Lipinski definition) is 3. The number of nitriles is 1. The molecule has 1 unspecified atom stereocenters. The van der Waals surface area contributed by atoms with Crippen LogP contribution >= 0.6 is 0 Å². The fourth-order valence-electron chi connectivity index (χ4n) is 1.53. The van der Waals surface area contributed by atoms with Crippen LogP contribution < -0.4 is 5.32 Å². The summed E-state index contributed by atoms with van der Waals surface area (Å²) in [7, 11) is 0. The van der Waals surface area contributed by atoms with E-state index in [1.807, 2.05) is 6.07 Å². The smallest absolute Gasteiger partial charge is 0.305 e. The van der Waals surface area contributed by atoms with Crippen molar-refractivity contribution < 1.29 is 14.7 Å². The molecule has 0 fully saturated rings. The highest BCUT2D eigenvalue weighted by atomic mass is 16.4. The van der Waals surface area contributed by atoms with Gasteiger partial charge in [-0.05, 0) is 24.6 Å². The summed E-state index contributed by atoms with van der Waals surface area (Å²) in [6, 6.07) is 8.29. The summed E-state index contributed by atoms with van der Waals surface area (Å²) < 4.78 is 0. The quantitative estimate of drug-likeness (QED) is 0.820. The lowest BCUT2D eigenvalue weighted by molar-refractivity contribution is -0.137. The third kappa shape index (κ3) is 4.26. The highest BCUT2D eigenvalue weighted by molar-refractivity contribution is 5.94. The van der Waals surface area contributed by atoms with Gasteiger partial charge in [0.2, 0.25) is 0 Å². The first-order valence-electron chi connectivity index (χ1n) is 5.51. The number of nitrogens with zero attached hydrogens (tertiary/aromatic N) is 1. The van der Waals surface area contributed by atoms with Crippen molar-refractivity contribution in [1.82, 2.24) is 5.32 Å². The van der Waals surface area contributed by atoms with Gasteiger partial charge in [-0.3, -0.25) is 9.59 Å². The maximum absolute atomic E-state index is 11.8. The number of rotatable bonds is 5. The number of carboxylic acids is 1. The van der Waals surface area contributed by atoms with Gasteiger partial charge in [0.15, 0.2) is 0 Å². The lowest BCUT2D eigenvalue weighted by Gasteiger charge is -2.11. The average Bonchev–Trinajstić information content (AvgIpc) is 2.28. The van der Waals surface area contributed by atoms with Crippen LogP contribution in [0.25, 0.3) is 0 Å². The highest BCUT2D eigenvalue weighted by Crippen LogP contribution is 2.06. The summed E-state index contributed by atoms with van der Waals surface area (Å²) in [5.74, 6) is -1.29. The van der Waals surface area contributed by atoms with E-state index in [1.165, 1.54) is 0 Å². The summed E-state index contributed by atoms with van der Waals surface area (Å²) in [6.45, 7) is 1.63. The Morgan fingerprint density at radius 1 is 1.50 bits per heavy atom. The predicted octanol–water partition coefficient (Wildman–Crippen LogP) is 1.35. The van der Waals surface area contributed by atoms with Gasteiger partial charge in [0.25, 0.3) is 5.91 Å². The van der Waals surface area contributed by atoms with Crippen molar-refractivity contribution >= 4 is 11.9 Å². The topological polar surface area (TPSA) is 90.2 Å². The van der Waals surface area contributed by atoms with Crippen molar-refractivity contribution in [3.05, 3.63) is 35.4 Å². The lowest BCUT2D eigenvalue weighted by atomic mass is 10.1. The molecule has 5 heteroatoms. The second kappa shape index (κ2) is 6.40.